The molecule has 22 heteroatoms. The molecule has 22 nitrogen and oxygen atoms in total. The van der Waals surface area contributed by atoms with Crippen LogP contribution in [0, 0.1) is 17.8 Å². The van der Waals surface area contributed by atoms with E-state index in [1.807, 2.05) is 0 Å². The van der Waals surface area contributed by atoms with Gasteiger partial charge < -0.3 is 62.1 Å². The number of rotatable bonds is 22. The van der Waals surface area contributed by atoms with Gasteiger partial charge in [-0.1, -0.05) is 71.9 Å². The van der Waals surface area contributed by atoms with E-state index in [1.54, 1.807) is 76.8 Å². The van der Waals surface area contributed by atoms with Crippen molar-refractivity contribution in [3.05, 3.63) is 35.9 Å². The predicted octanol–water partition coefficient (Wildman–Crippen LogP) is -1.07. The van der Waals surface area contributed by atoms with Crippen LogP contribution in [0.25, 0.3) is 0 Å². The van der Waals surface area contributed by atoms with Gasteiger partial charge in [-0.3, -0.25) is 43.2 Å². The molecule has 4 aliphatic heterocycles. The lowest BCUT2D eigenvalue weighted by Gasteiger charge is -2.32. The van der Waals surface area contributed by atoms with Crippen LogP contribution < -0.4 is 37.2 Å². The minimum Gasteiger partial charge on any atom is -0.480 e. The monoisotopic (exact) mass is 1010 g/mol. The number of aliphatic hydroxyl groups is 1. The quantitative estimate of drug-likeness (QED) is 0.0670. The van der Waals surface area contributed by atoms with Crippen LogP contribution in [0.1, 0.15) is 105 Å². The maximum absolute atomic E-state index is 14.4. The molecule has 0 spiro atoms. The summed E-state index contributed by atoms with van der Waals surface area (Å²) in [7, 11) is 0. The molecular weight excluding hydrogens is 933 g/mol. The highest BCUT2D eigenvalue weighted by atomic mass is 16.4. The summed E-state index contributed by atoms with van der Waals surface area (Å²) < 4.78 is 0. The summed E-state index contributed by atoms with van der Waals surface area (Å²) in [4.78, 5) is 140. The molecule has 10 atom stereocenters. The van der Waals surface area contributed by atoms with Gasteiger partial charge in [-0.15, -0.1) is 0 Å². The van der Waals surface area contributed by atoms with Crippen LogP contribution in [0.5, 0.6) is 0 Å². The molecule has 5 rings (SSSR count). The van der Waals surface area contributed by atoms with E-state index in [0.29, 0.717) is 50.6 Å². The summed E-state index contributed by atoms with van der Waals surface area (Å²) in [5.74, 6) is -8.18. The van der Waals surface area contributed by atoms with Crippen LogP contribution >= 0.6 is 0 Å². The Morgan fingerprint density at radius 3 is 1.58 bits per heavy atom. The average Bonchev–Trinajstić information content (AvgIpc) is 4.19. The number of carbonyl (C=O) groups is 10. The highest BCUT2D eigenvalue weighted by molar-refractivity contribution is 5.99. The molecule has 4 aliphatic rings. The Kier molecular flexibility index (Phi) is 20.5. The van der Waals surface area contributed by atoms with Gasteiger partial charge in [-0.05, 0) is 88.2 Å². The number of likely N-dealkylation sites (tertiary alicyclic amines) is 3. The van der Waals surface area contributed by atoms with E-state index in [2.05, 4.69) is 37.2 Å². The first kappa shape index (κ1) is 56.8. The molecule has 0 aromatic heterocycles. The second kappa shape index (κ2) is 26.0. The van der Waals surface area contributed by atoms with E-state index in [1.165, 1.54) is 16.7 Å². The number of benzene rings is 1. The fourth-order valence-corrected chi connectivity index (χ4v) is 9.91. The molecule has 1 aromatic carbocycles. The first-order valence-corrected chi connectivity index (χ1v) is 25.5. The van der Waals surface area contributed by atoms with Crippen LogP contribution in [0.2, 0.25) is 0 Å². The van der Waals surface area contributed by atoms with Gasteiger partial charge in [0.15, 0.2) is 0 Å². The first-order valence-electron chi connectivity index (χ1n) is 25.5. The Morgan fingerprint density at radius 2 is 1.07 bits per heavy atom. The highest BCUT2D eigenvalue weighted by Gasteiger charge is 2.43. The van der Waals surface area contributed by atoms with Crippen molar-refractivity contribution < 1.29 is 58.2 Å². The lowest BCUT2D eigenvalue weighted by Crippen LogP contribution is -2.63. The summed E-state index contributed by atoms with van der Waals surface area (Å²) in [5.41, 5.74) is 0.652. The van der Waals surface area contributed by atoms with E-state index >= 15 is 0 Å². The summed E-state index contributed by atoms with van der Waals surface area (Å²) >= 11 is 0. The molecule has 1 aromatic rings. The fourth-order valence-electron chi connectivity index (χ4n) is 9.91. The molecule has 0 bridgehead atoms. The number of nitrogens with zero attached hydrogens (tertiary/aromatic N) is 3. The van der Waals surface area contributed by atoms with E-state index in [9.17, 15) is 58.2 Å². The molecular formula is C50H76N10O12. The number of carbonyl (C=O) groups excluding carboxylic acids is 9. The Bertz CT molecular complexity index is 2130. The van der Waals surface area contributed by atoms with Gasteiger partial charge >= 0.3 is 5.97 Å². The van der Waals surface area contributed by atoms with Gasteiger partial charge in [0.05, 0.1) is 18.7 Å². The number of aliphatic hydroxyl groups excluding tert-OH is 1. The topological polar surface area (TPSA) is 305 Å². The maximum Gasteiger partial charge on any atom is 0.326 e. The Hall–Kier alpha value is -6.16. The second-order valence-electron chi connectivity index (χ2n) is 20.5. The lowest BCUT2D eigenvalue weighted by molar-refractivity contribution is -0.148. The van der Waals surface area contributed by atoms with E-state index in [4.69, 9.17) is 0 Å². The number of hydrogen-bond donors (Lipinski definition) is 9. The van der Waals surface area contributed by atoms with E-state index < -0.39 is 132 Å². The summed E-state index contributed by atoms with van der Waals surface area (Å²) in [6.45, 7) is 12.5. The zero-order valence-corrected chi connectivity index (χ0v) is 42.6. The number of carboxylic acid groups (broad SMARTS) is 1. The van der Waals surface area contributed by atoms with Gasteiger partial charge in [0.1, 0.15) is 48.3 Å². The zero-order valence-electron chi connectivity index (χ0n) is 42.6. The van der Waals surface area contributed by atoms with Crippen molar-refractivity contribution in [2.75, 3.05) is 32.7 Å². The molecule has 0 saturated carbocycles. The summed E-state index contributed by atoms with van der Waals surface area (Å²) in [6.07, 6.45) is 2.59. The van der Waals surface area contributed by atoms with Crippen LogP contribution in [0.15, 0.2) is 30.3 Å². The van der Waals surface area contributed by atoms with Gasteiger partial charge in [-0.2, -0.15) is 0 Å². The fraction of sp³-hybridized carbons (Fsp3) is 0.680. The number of aliphatic carboxylic acids is 1. The van der Waals surface area contributed by atoms with Crippen molar-refractivity contribution >= 4 is 59.1 Å². The number of amides is 9. The third-order valence-corrected chi connectivity index (χ3v) is 14.0. The molecule has 4 fully saturated rings. The van der Waals surface area contributed by atoms with Gasteiger partial charge in [0.2, 0.25) is 53.2 Å². The smallest absolute Gasteiger partial charge is 0.326 e. The van der Waals surface area contributed by atoms with Gasteiger partial charge in [0, 0.05) is 26.1 Å². The molecule has 4 saturated heterocycles. The molecule has 4 heterocycles. The molecule has 0 aliphatic carbocycles. The molecule has 72 heavy (non-hydrogen) atoms. The molecule has 0 radical (unpaired) electrons. The van der Waals surface area contributed by atoms with Crippen molar-refractivity contribution in [3.63, 3.8) is 0 Å². The second-order valence-corrected chi connectivity index (χ2v) is 20.5. The summed E-state index contributed by atoms with van der Waals surface area (Å²) in [6, 6.07) is -0.811. The number of hydrogen-bond acceptors (Lipinski definition) is 12. The number of carboxylic acids is 1. The van der Waals surface area contributed by atoms with Crippen LogP contribution in [0.4, 0.5) is 0 Å². The van der Waals surface area contributed by atoms with Crippen LogP contribution in [0.3, 0.4) is 0 Å². The van der Waals surface area contributed by atoms with Gasteiger partial charge in [0.25, 0.3) is 0 Å². The van der Waals surface area contributed by atoms with Crippen LogP contribution in [-0.4, -0.2) is 177 Å². The van der Waals surface area contributed by atoms with E-state index in [0.717, 1.165) is 13.0 Å². The number of nitrogens with one attached hydrogen (secondary N) is 7. The highest BCUT2D eigenvalue weighted by Crippen LogP contribution is 2.23. The predicted molar refractivity (Wildman–Crippen MR) is 262 cm³/mol. The van der Waals surface area contributed by atoms with Crippen molar-refractivity contribution in [1.82, 2.24) is 51.9 Å². The SMILES string of the molecule is CC(C)[C@H](NC(=O)[C@@H](NC(=O)[C@@H]1CCCN1C(=O)[C@@H]1CCCN1)C(C)C)C(=O)N[C@H](C(=O)N[C@H](C(=O)N[C@@H](Cc1ccccc1)C(=O)N1CCC[C@H]1C(=O)NCC(=O)N1CCC[C@H]1C(=O)O)[C@@H](C)O)C(C)C. The lowest BCUT2D eigenvalue weighted by atomic mass is 9.97. The van der Waals surface area contributed by atoms with Crippen molar-refractivity contribution in [1.29, 1.82) is 0 Å². The standard InChI is InChI=1S/C50H76N10O12/c1-27(2)38(54-43(64)35-19-13-24-60(35)48(69)32-17-11-21-51-32)44(65)55-39(28(3)4)45(66)56-40(29(5)6)46(67)57-41(30(7)61)47(68)53-33(25-31-15-9-8-10-16-31)49(70)59-23-12-18-34(59)42(63)52-26-37(62)58-22-14-20-36(58)50(71)72/h8-10,15-16,27-30,32-36,38-41,51,61H,11-14,17-26H2,1-7H3,(H,52,63)(H,53,68)(H,54,64)(H,55,65)(H,56,66)(H,57,67)(H,71,72)/t30-,32+,33+,34+,35+,36+,38+,39+,40+,41+/m1/s1. The minimum absolute atomic E-state index is 0.0358. The van der Waals surface area contributed by atoms with Crippen LogP contribution in [-0.2, 0) is 54.4 Å². The summed E-state index contributed by atoms with van der Waals surface area (Å²) in [5, 5.41) is 39.7. The molecule has 0 unspecified atom stereocenters. The first-order chi connectivity index (χ1) is 34.1. The zero-order chi connectivity index (χ0) is 53.0. The Labute approximate surface area is 421 Å². The molecule has 9 N–H and O–H groups in total. The maximum atomic E-state index is 14.4. The Balaban J connectivity index is 1.24. The normalized spacial score (nSPS) is 22.4. The van der Waals surface area contributed by atoms with Gasteiger partial charge in [-0.25, -0.2) is 4.79 Å². The molecule has 9 amide bonds. The Morgan fingerprint density at radius 1 is 0.583 bits per heavy atom. The van der Waals surface area contributed by atoms with Crippen molar-refractivity contribution in [3.8, 4) is 0 Å². The van der Waals surface area contributed by atoms with Crippen molar-refractivity contribution in [2.24, 2.45) is 17.8 Å². The van der Waals surface area contributed by atoms with E-state index in [-0.39, 0.29) is 37.9 Å². The molecule has 398 valence electrons. The third kappa shape index (κ3) is 14.5. The average molecular weight is 1010 g/mol. The third-order valence-electron chi connectivity index (χ3n) is 14.0. The largest absolute Gasteiger partial charge is 0.480 e. The minimum atomic E-state index is -1.64. The van der Waals surface area contributed by atoms with Crippen molar-refractivity contribution in [2.45, 2.75) is 167 Å².